The summed E-state index contributed by atoms with van der Waals surface area (Å²) in [7, 11) is 3.72. The van der Waals surface area contributed by atoms with Crippen LogP contribution in [0.15, 0.2) is 48.5 Å². The van der Waals surface area contributed by atoms with E-state index in [1.807, 2.05) is 36.4 Å². The Morgan fingerprint density at radius 1 is 1.05 bits per heavy atom. The summed E-state index contributed by atoms with van der Waals surface area (Å²) in [6.07, 6.45) is 0. The number of hydrogen-bond donors (Lipinski definition) is 1. The number of aliphatic hydroxyl groups is 1. The zero-order valence-electron chi connectivity index (χ0n) is 12.3. The Morgan fingerprint density at radius 2 is 1.71 bits per heavy atom. The maximum absolute atomic E-state index is 8.68. The Hall–Kier alpha value is -2.44. The van der Waals surface area contributed by atoms with Crippen molar-refractivity contribution in [3.8, 4) is 17.6 Å². The zero-order valence-corrected chi connectivity index (χ0v) is 12.3. The number of aliphatic hydroxyl groups excluding tert-OH is 1. The fraction of sp³-hybridized carbons (Fsp3) is 0.222. The molecule has 0 aliphatic heterocycles. The van der Waals surface area contributed by atoms with Crippen molar-refractivity contribution in [2.45, 2.75) is 6.54 Å². The second-order valence-corrected chi connectivity index (χ2v) is 4.71. The average Bonchev–Trinajstić information content (AvgIpc) is 2.54. The highest BCUT2D eigenvalue weighted by Gasteiger charge is 2.02. The molecule has 3 heteroatoms. The van der Waals surface area contributed by atoms with Crippen molar-refractivity contribution in [3.05, 3.63) is 59.7 Å². The van der Waals surface area contributed by atoms with Gasteiger partial charge in [-0.1, -0.05) is 24.0 Å². The maximum atomic E-state index is 8.68. The van der Waals surface area contributed by atoms with Gasteiger partial charge in [-0.2, -0.15) is 0 Å². The fourth-order valence-electron chi connectivity index (χ4n) is 2.04. The van der Waals surface area contributed by atoms with E-state index < -0.39 is 0 Å². The Bertz CT molecular complexity index is 621. The largest absolute Gasteiger partial charge is 0.497 e. The molecule has 0 saturated carbocycles. The van der Waals surface area contributed by atoms with Gasteiger partial charge >= 0.3 is 0 Å². The van der Waals surface area contributed by atoms with E-state index in [9.17, 15) is 0 Å². The van der Waals surface area contributed by atoms with Crippen LogP contribution in [0.3, 0.4) is 0 Å². The van der Waals surface area contributed by atoms with E-state index in [0.29, 0.717) is 0 Å². The van der Waals surface area contributed by atoms with Crippen molar-refractivity contribution in [3.63, 3.8) is 0 Å². The second-order valence-electron chi connectivity index (χ2n) is 4.71. The number of nitrogens with zero attached hydrogens (tertiary/aromatic N) is 1. The Labute approximate surface area is 125 Å². The molecule has 0 unspecified atom stereocenters. The van der Waals surface area contributed by atoms with Crippen molar-refractivity contribution >= 4 is 5.69 Å². The van der Waals surface area contributed by atoms with Crippen LogP contribution in [0.2, 0.25) is 0 Å². The molecule has 0 saturated heterocycles. The van der Waals surface area contributed by atoms with Crippen LogP contribution in [0, 0.1) is 11.8 Å². The van der Waals surface area contributed by atoms with Crippen LogP contribution in [-0.2, 0) is 6.54 Å². The topological polar surface area (TPSA) is 32.7 Å². The van der Waals surface area contributed by atoms with Crippen LogP contribution < -0.4 is 9.64 Å². The van der Waals surface area contributed by atoms with Gasteiger partial charge < -0.3 is 14.7 Å². The molecule has 21 heavy (non-hydrogen) atoms. The van der Waals surface area contributed by atoms with E-state index in [4.69, 9.17) is 9.84 Å². The van der Waals surface area contributed by atoms with Gasteiger partial charge in [-0.05, 0) is 42.0 Å². The average molecular weight is 281 g/mol. The third-order valence-corrected chi connectivity index (χ3v) is 3.20. The highest BCUT2D eigenvalue weighted by Crippen LogP contribution is 2.19. The maximum Gasteiger partial charge on any atom is 0.119 e. The minimum atomic E-state index is -0.109. The molecule has 0 spiro atoms. The van der Waals surface area contributed by atoms with Crippen LogP contribution in [0.5, 0.6) is 5.75 Å². The highest BCUT2D eigenvalue weighted by atomic mass is 16.5. The molecular weight excluding hydrogens is 262 g/mol. The molecule has 0 aliphatic rings. The van der Waals surface area contributed by atoms with Crippen LogP contribution in [0.4, 0.5) is 5.69 Å². The minimum Gasteiger partial charge on any atom is -0.497 e. The second kappa shape index (κ2) is 7.37. The molecule has 0 heterocycles. The molecule has 2 aromatic rings. The predicted molar refractivity (Wildman–Crippen MR) is 85.5 cm³/mol. The highest BCUT2D eigenvalue weighted by molar-refractivity contribution is 5.49. The lowest BCUT2D eigenvalue weighted by Gasteiger charge is -2.19. The molecular formula is C18H19NO2. The van der Waals surface area contributed by atoms with Crippen LogP contribution >= 0.6 is 0 Å². The lowest BCUT2D eigenvalue weighted by molar-refractivity contribution is 0.350. The molecule has 0 amide bonds. The third kappa shape index (κ3) is 4.27. The lowest BCUT2D eigenvalue weighted by atomic mass is 10.1. The summed E-state index contributed by atoms with van der Waals surface area (Å²) < 4.78 is 5.16. The summed E-state index contributed by atoms with van der Waals surface area (Å²) in [5.74, 6) is 6.40. The molecule has 108 valence electrons. The number of rotatable bonds is 4. The van der Waals surface area contributed by atoms with Gasteiger partial charge in [0.05, 0.1) is 7.11 Å². The Balaban J connectivity index is 2.02. The molecule has 0 fully saturated rings. The first kappa shape index (κ1) is 15.0. The van der Waals surface area contributed by atoms with E-state index in [2.05, 4.69) is 35.9 Å². The van der Waals surface area contributed by atoms with Gasteiger partial charge in [0.2, 0.25) is 0 Å². The number of methoxy groups -OCH3 is 1. The summed E-state index contributed by atoms with van der Waals surface area (Å²) in [5, 5.41) is 8.68. The van der Waals surface area contributed by atoms with Gasteiger partial charge in [-0.3, -0.25) is 0 Å². The third-order valence-electron chi connectivity index (χ3n) is 3.20. The van der Waals surface area contributed by atoms with E-state index in [0.717, 1.165) is 23.5 Å². The van der Waals surface area contributed by atoms with E-state index >= 15 is 0 Å². The van der Waals surface area contributed by atoms with E-state index in [1.54, 1.807) is 7.11 Å². The first-order chi connectivity index (χ1) is 10.2. The van der Waals surface area contributed by atoms with Crippen molar-refractivity contribution in [1.29, 1.82) is 0 Å². The quantitative estimate of drug-likeness (QED) is 0.875. The molecule has 1 N–H and O–H groups in total. The Kier molecular flexibility index (Phi) is 5.25. The van der Waals surface area contributed by atoms with Gasteiger partial charge in [0, 0.05) is 24.8 Å². The van der Waals surface area contributed by atoms with Gasteiger partial charge in [0.1, 0.15) is 12.4 Å². The van der Waals surface area contributed by atoms with Crippen LogP contribution in [0.1, 0.15) is 11.1 Å². The molecule has 0 atom stereocenters. The van der Waals surface area contributed by atoms with E-state index in [-0.39, 0.29) is 6.61 Å². The van der Waals surface area contributed by atoms with Gasteiger partial charge in [0.15, 0.2) is 0 Å². The van der Waals surface area contributed by atoms with Crippen molar-refractivity contribution < 1.29 is 9.84 Å². The number of benzene rings is 2. The van der Waals surface area contributed by atoms with Gasteiger partial charge in [-0.25, -0.2) is 0 Å². The predicted octanol–water partition coefficient (Wildman–Crippen LogP) is 2.68. The number of anilines is 1. The first-order valence-corrected chi connectivity index (χ1v) is 6.77. The van der Waals surface area contributed by atoms with Gasteiger partial charge in [-0.15, -0.1) is 0 Å². The molecule has 0 aromatic heterocycles. The smallest absolute Gasteiger partial charge is 0.119 e. The molecule has 3 nitrogen and oxygen atoms in total. The minimum absolute atomic E-state index is 0.109. The van der Waals surface area contributed by atoms with Crippen molar-refractivity contribution in [2.75, 3.05) is 25.7 Å². The molecule has 0 bridgehead atoms. The molecule has 0 aliphatic carbocycles. The first-order valence-electron chi connectivity index (χ1n) is 6.77. The number of hydrogen-bond acceptors (Lipinski definition) is 3. The summed E-state index contributed by atoms with van der Waals surface area (Å²) in [5.41, 5.74) is 3.27. The normalized spacial score (nSPS) is 9.67. The Morgan fingerprint density at radius 3 is 2.29 bits per heavy atom. The summed E-state index contributed by atoms with van der Waals surface area (Å²) in [6.45, 7) is 0.710. The fourth-order valence-corrected chi connectivity index (χ4v) is 2.04. The van der Waals surface area contributed by atoms with E-state index in [1.165, 1.54) is 5.56 Å². The van der Waals surface area contributed by atoms with Crippen molar-refractivity contribution in [1.82, 2.24) is 0 Å². The van der Waals surface area contributed by atoms with Crippen molar-refractivity contribution in [2.24, 2.45) is 0 Å². The molecule has 2 rings (SSSR count). The lowest BCUT2D eigenvalue weighted by Crippen LogP contribution is -2.16. The zero-order chi connectivity index (χ0) is 15.1. The summed E-state index contributed by atoms with van der Waals surface area (Å²) >= 11 is 0. The molecule has 0 radical (unpaired) electrons. The summed E-state index contributed by atoms with van der Waals surface area (Å²) in [6, 6.07) is 16.1. The van der Waals surface area contributed by atoms with Crippen LogP contribution in [0.25, 0.3) is 0 Å². The van der Waals surface area contributed by atoms with Crippen LogP contribution in [-0.4, -0.2) is 25.9 Å². The van der Waals surface area contributed by atoms with Gasteiger partial charge in [0.25, 0.3) is 0 Å². The monoisotopic (exact) mass is 281 g/mol. The molecule has 2 aromatic carbocycles. The number of ether oxygens (including phenoxy) is 1. The SMILES string of the molecule is COc1ccc(N(C)Cc2ccc(C#CCO)cc2)cc1. The standard InChI is InChI=1S/C18H19NO2/c1-19(17-9-11-18(21-2)12-10-17)14-16-7-5-15(6-8-16)4-3-13-20/h5-12,20H,13-14H2,1-2H3. The summed E-state index contributed by atoms with van der Waals surface area (Å²) in [4.78, 5) is 2.17.